The van der Waals surface area contributed by atoms with Crippen molar-refractivity contribution >= 4 is 17.6 Å². The number of carbonyl (C=O) groups is 1. The molecule has 17 heavy (non-hydrogen) atoms. The van der Waals surface area contributed by atoms with Gasteiger partial charge in [0, 0.05) is 10.6 Å². The van der Waals surface area contributed by atoms with Crippen LogP contribution in [0.5, 0.6) is 0 Å². The molecular formula is C12H10ClNO3. The summed E-state index contributed by atoms with van der Waals surface area (Å²) < 4.78 is 5.15. The molecule has 4 nitrogen and oxygen atoms in total. The highest BCUT2D eigenvalue weighted by Gasteiger charge is 2.19. The number of rotatable bonds is 3. The summed E-state index contributed by atoms with van der Waals surface area (Å²) in [6, 6.07) is 7.09. The largest absolute Gasteiger partial charge is 0.481 e. The van der Waals surface area contributed by atoms with Gasteiger partial charge in [0.1, 0.15) is 17.9 Å². The number of carboxylic acids is 1. The Morgan fingerprint density at radius 1 is 1.41 bits per heavy atom. The van der Waals surface area contributed by atoms with Crippen molar-refractivity contribution in [2.45, 2.75) is 12.8 Å². The fraction of sp³-hybridized carbons (Fsp3) is 0.167. The second-order valence-corrected chi connectivity index (χ2v) is 4.07. The second-order valence-electron chi connectivity index (χ2n) is 3.64. The van der Waals surface area contributed by atoms with Crippen molar-refractivity contribution in [3.8, 4) is 11.3 Å². The second kappa shape index (κ2) is 4.59. The lowest BCUT2D eigenvalue weighted by molar-refractivity contribution is -0.138. The summed E-state index contributed by atoms with van der Waals surface area (Å²) >= 11 is 5.77. The number of oxazole rings is 1. The molecule has 0 aliphatic heterocycles. The molecule has 0 saturated carbocycles. The summed E-state index contributed by atoms with van der Waals surface area (Å²) in [6.07, 6.45) is 1.44. The van der Waals surface area contributed by atoms with Crippen molar-refractivity contribution in [3.63, 3.8) is 0 Å². The zero-order valence-electron chi connectivity index (χ0n) is 9.05. The van der Waals surface area contributed by atoms with Crippen LogP contribution in [-0.2, 0) is 4.79 Å². The molecule has 1 aromatic carbocycles. The summed E-state index contributed by atoms with van der Waals surface area (Å²) in [6.45, 7) is 1.53. The standard InChI is InChI=1S/C12H10ClNO3/c1-7(12(15)16)11-14-10(6-17-11)8-2-4-9(13)5-3-8/h2-7H,1H3,(H,15,16). The van der Waals surface area contributed by atoms with E-state index in [0.717, 1.165) is 5.56 Å². The minimum absolute atomic E-state index is 0.197. The number of nitrogens with zero attached hydrogens (tertiary/aromatic N) is 1. The maximum absolute atomic E-state index is 10.8. The first-order valence-corrected chi connectivity index (χ1v) is 5.40. The topological polar surface area (TPSA) is 63.3 Å². The first-order valence-electron chi connectivity index (χ1n) is 5.02. The number of benzene rings is 1. The lowest BCUT2D eigenvalue weighted by Gasteiger charge is -1.98. The number of halogens is 1. The maximum atomic E-state index is 10.8. The SMILES string of the molecule is CC(C(=O)O)c1nc(-c2ccc(Cl)cc2)co1. The van der Waals surface area contributed by atoms with Crippen LogP contribution in [0.25, 0.3) is 11.3 Å². The summed E-state index contributed by atoms with van der Waals surface area (Å²) in [4.78, 5) is 14.9. The molecule has 0 spiro atoms. The molecule has 0 aliphatic rings. The van der Waals surface area contributed by atoms with Gasteiger partial charge in [-0.25, -0.2) is 4.98 Å². The van der Waals surface area contributed by atoms with Crippen LogP contribution >= 0.6 is 11.6 Å². The quantitative estimate of drug-likeness (QED) is 0.910. The predicted octanol–water partition coefficient (Wildman–Crippen LogP) is 3.18. The van der Waals surface area contributed by atoms with Gasteiger partial charge in [0.05, 0.1) is 0 Å². The molecule has 0 fully saturated rings. The van der Waals surface area contributed by atoms with Crippen molar-refractivity contribution in [1.29, 1.82) is 0 Å². The van der Waals surface area contributed by atoms with Gasteiger partial charge in [0.15, 0.2) is 0 Å². The van der Waals surface area contributed by atoms with E-state index >= 15 is 0 Å². The Morgan fingerprint density at radius 3 is 2.65 bits per heavy atom. The lowest BCUT2D eigenvalue weighted by atomic mass is 10.1. The smallest absolute Gasteiger partial charge is 0.315 e. The highest BCUT2D eigenvalue weighted by Crippen LogP contribution is 2.23. The molecule has 5 heteroatoms. The minimum atomic E-state index is -0.963. The van der Waals surface area contributed by atoms with Crippen LogP contribution < -0.4 is 0 Å². The van der Waals surface area contributed by atoms with E-state index in [9.17, 15) is 4.79 Å². The predicted molar refractivity (Wildman–Crippen MR) is 63.0 cm³/mol. The van der Waals surface area contributed by atoms with Crippen LogP contribution in [0.4, 0.5) is 0 Å². The van der Waals surface area contributed by atoms with E-state index in [0.29, 0.717) is 10.7 Å². The summed E-state index contributed by atoms with van der Waals surface area (Å²) in [5.74, 6) is -1.52. The molecule has 1 unspecified atom stereocenters. The van der Waals surface area contributed by atoms with Gasteiger partial charge in [-0.05, 0) is 19.1 Å². The van der Waals surface area contributed by atoms with Gasteiger partial charge in [0.25, 0.3) is 0 Å². The fourth-order valence-electron chi connectivity index (χ4n) is 1.35. The molecule has 0 aliphatic carbocycles. The Kier molecular flexibility index (Phi) is 3.15. The van der Waals surface area contributed by atoms with Gasteiger partial charge in [-0.3, -0.25) is 4.79 Å². The number of aromatic nitrogens is 1. The third-order valence-electron chi connectivity index (χ3n) is 2.40. The zero-order valence-corrected chi connectivity index (χ0v) is 9.81. The Labute approximate surface area is 103 Å². The normalized spacial score (nSPS) is 12.4. The first-order chi connectivity index (χ1) is 8.08. The van der Waals surface area contributed by atoms with Gasteiger partial charge in [-0.2, -0.15) is 0 Å². The van der Waals surface area contributed by atoms with Crippen molar-refractivity contribution in [2.24, 2.45) is 0 Å². The fourth-order valence-corrected chi connectivity index (χ4v) is 1.47. The van der Waals surface area contributed by atoms with E-state index in [1.54, 1.807) is 24.3 Å². The van der Waals surface area contributed by atoms with E-state index in [-0.39, 0.29) is 5.89 Å². The molecule has 1 heterocycles. The van der Waals surface area contributed by atoms with Crippen molar-refractivity contribution in [2.75, 3.05) is 0 Å². The van der Waals surface area contributed by atoms with E-state index in [1.165, 1.54) is 13.2 Å². The van der Waals surface area contributed by atoms with Gasteiger partial charge < -0.3 is 9.52 Å². The van der Waals surface area contributed by atoms with E-state index < -0.39 is 11.9 Å². The van der Waals surface area contributed by atoms with E-state index in [4.69, 9.17) is 21.1 Å². The van der Waals surface area contributed by atoms with Crippen LogP contribution in [0.15, 0.2) is 34.9 Å². The van der Waals surface area contributed by atoms with Crippen molar-refractivity contribution in [1.82, 2.24) is 4.98 Å². The molecule has 1 N–H and O–H groups in total. The van der Waals surface area contributed by atoms with Gasteiger partial charge in [-0.15, -0.1) is 0 Å². The minimum Gasteiger partial charge on any atom is -0.481 e. The van der Waals surface area contributed by atoms with Gasteiger partial charge >= 0.3 is 5.97 Å². The molecule has 0 saturated heterocycles. The molecule has 0 radical (unpaired) electrons. The lowest BCUT2D eigenvalue weighted by Crippen LogP contribution is -2.07. The Balaban J connectivity index is 2.29. The summed E-state index contributed by atoms with van der Waals surface area (Å²) in [5.41, 5.74) is 1.44. The van der Waals surface area contributed by atoms with Crippen molar-refractivity contribution in [3.05, 3.63) is 41.4 Å². The van der Waals surface area contributed by atoms with Gasteiger partial charge in [-0.1, -0.05) is 23.7 Å². The zero-order chi connectivity index (χ0) is 12.4. The third kappa shape index (κ3) is 2.47. The van der Waals surface area contributed by atoms with E-state index in [2.05, 4.69) is 4.98 Å². The number of aliphatic carboxylic acids is 1. The molecule has 1 atom stereocenters. The van der Waals surface area contributed by atoms with Crippen LogP contribution in [-0.4, -0.2) is 16.1 Å². The molecule has 0 bridgehead atoms. The highest BCUT2D eigenvalue weighted by molar-refractivity contribution is 6.30. The molecular weight excluding hydrogens is 242 g/mol. The van der Waals surface area contributed by atoms with Crippen LogP contribution in [0.3, 0.4) is 0 Å². The molecule has 88 valence electrons. The Morgan fingerprint density at radius 2 is 2.06 bits per heavy atom. The molecule has 0 amide bonds. The Hall–Kier alpha value is -1.81. The highest BCUT2D eigenvalue weighted by atomic mass is 35.5. The number of hydrogen-bond acceptors (Lipinski definition) is 3. The Bertz CT molecular complexity index is 533. The number of carboxylic acid groups (broad SMARTS) is 1. The molecule has 2 aromatic rings. The van der Waals surface area contributed by atoms with E-state index in [1.807, 2.05) is 0 Å². The van der Waals surface area contributed by atoms with Crippen LogP contribution in [0, 0.1) is 0 Å². The third-order valence-corrected chi connectivity index (χ3v) is 2.65. The summed E-state index contributed by atoms with van der Waals surface area (Å²) in [7, 11) is 0. The average Bonchev–Trinajstić information content (AvgIpc) is 2.78. The molecule has 1 aromatic heterocycles. The van der Waals surface area contributed by atoms with Crippen LogP contribution in [0.2, 0.25) is 5.02 Å². The summed E-state index contributed by atoms with van der Waals surface area (Å²) in [5, 5.41) is 9.47. The first kappa shape index (κ1) is 11.7. The van der Waals surface area contributed by atoms with Crippen LogP contribution in [0.1, 0.15) is 18.7 Å². The monoisotopic (exact) mass is 251 g/mol. The number of hydrogen-bond donors (Lipinski definition) is 1. The average molecular weight is 252 g/mol. The maximum Gasteiger partial charge on any atom is 0.315 e. The van der Waals surface area contributed by atoms with Gasteiger partial charge in [0.2, 0.25) is 5.89 Å². The molecule has 2 rings (SSSR count). The van der Waals surface area contributed by atoms with Crippen molar-refractivity contribution < 1.29 is 14.3 Å².